The van der Waals surface area contributed by atoms with Crippen molar-refractivity contribution in [1.82, 2.24) is 15.1 Å². The lowest BCUT2D eigenvalue weighted by Gasteiger charge is -2.07. The monoisotopic (exact) mass is 462 g/mol. The molecule has 0 radical (unpaired) electrons. The van der Waals surface area contributed by atoms with Crippen LogP contribution in [0.1, 0.15) is 21.6 Å². The van der Waals surface area contributed by atoms with Gasteiger partial charge >= 0.3 is 0 Å². The second-order valence-electron chi connectivity index (χ2n) is 6.23. The van der Waals surface area contributed by atoms with Gasteiger partial charge in [-0.2, -0.15) is 5.10 Å². The average molecular weight is 463 g/mol. The third-order valence-corrected chi connectivity index (χ3v) is 5.73. The minimum absolute atomic E-state index is 0.0660. The van der Waals surface area contributed by atoms with Gasteiger partial charge in [-0.25, -0.2) is 18.2 Å². The Balaban J connectivity index is 1.62. The molecule has 1 amide bonds. The Hall–Kier alpha value is -2.49. The van der Waals surface area contributed by atoms with Crippen LogP contribution in [0.4, 0.5) is 0 Å². The molecule has 0 saturated carbocycles. The van der Waals surface area contributed by atoms with Crippen molar-refractivity contribution in [2.45, 2.75) is 18.2 Å². The van der Waals surface area contributed by atoms with E-state index in [1.807, 2.05) is 31.2 Å². The lowest BCUT2D eigenvalue weighted by atomic mass is 10.1. The molecule has 0 unspecified atom stereocenters. The first-order valence-corrected chi connectivity index (χ1v) is 10.8. The van der Waals surface area contributed by atoms with E-state index in [1.165, 1.54) is 12.1 Å². The maximum atomic E-state index is 12.5. The van der Waals surface area contributed by atoms with Gasteiger partial charge in [0.15, 0.2) is 0 Å². The third kappa shape index (κ3) is 4.67. The molecular weight excluding hydrogens is 444 g/mol. The highest BCUT2D eigenvalue weighted by Crippen LogP contribution is 2.17. The highest BCUT2D eigenvalue weighted by molar-refractivity contribution is 9.10. The number of amides is 1. The van der Waals surface area contributed by atoms with Crippen LogP contribution < -0.4 is 10.5 Å². The molecule has 0 spiro atoms. The van der Waals surface area contributed by atoms with Crippen LogP contribution in [0.25, 0.3) is 5.69 Å². The Labute approximate surface area is 171 Å². The van der Waals surface area contributed by atoms with Crippen molar-refractivity contribution in [3.05, 3.63) is 76.0 Å². The van der Waals surface area contributed by atoms with Crippen LogP contribution in [-0.2, 0) is 16.4 Å². The summed E-state index contributed by atoms with van der Waals surface area (Å²) < 4.78 is 25.2. The minimum Gasteiger partial charge on any atom is -0.352 e. The molecule has 1 aromatic heterocycles. The molecule has 0 atom stereocenters. The summed E-state index contributed by atoms with van der Waals surface area (Å²) in [4.78, 5) is 12.5. The van der Waals surface area contributed by atoms with Gasteiger partial charge in [0.05, 0.1) is 28.0 Å². The van der Waals surface area contributed by atoms with E-state index < -0.39 is 10.0 Å². The minimum atomic E-state index is -3.70. The summed E-state index contributed by atoms with van der Waals surface area (Å²) in [6.45, 7) is 2.26. The zero-order chi connectivity index (χ0) is 20.3. The van der Waals surface area contributed by atoms with Gasteiger partial charge in [0.25, 0.3) is 5.91 Å². The molecule has 0 aliphatic rings. The molecule has 1 heterocycles. The number of hydrogen-bond acceptors (Lipinski definition) is 4. The molecule has 3 aromatic rings. The number of nitrogens with two attached hydrogens (primary N) is 1. The molecule has 146 valence electrons. The number of carbonyl (C=O) groups is 1. The molecule has 9 heteroatoms. The molecule has 0 aliphatic carbocycles. The summed E-state index contributed by atoms with van der Waals surface area (Å²) in [7, 11) is -3.70. The molecule has 0 bridgehead atoms. The number of benzene rings is 2. The van der Waals surface area contributed by atoms with Crippen LogP contribution in [0.5, 0.6) is 0 Å². The molecule has 7 nitrogen and oxygen atoms in total. The summed E-state index contributed by atoms with van der Waals surface area (Å²) in [6, 6.07) is 13.9. The summed E-state index contributed by atoms with van der Waals surface area (Å²) in [6.07, 6.45) is 2.12. The van der Waals surface area contributed by atoms with E-state index in [1.54, 1.807) is 23.0 Å². The van der Waals surface area contributed by atoms with Gasteiger partial charge in [0, 0.05) is 11.0 Å². The fourth-order valence-electron chi connectivity index (χ4n) is 2.74. The van der Waals surface area contributed by atoms with Crippen LogP contribution >= 0.6 is 15.9 Å². The molecule has 0 saturated heterocycles. The summed E-state index contributed by atoms with van der Waals surface area (Å²) in [5.74, 6) is -0.206. The van der Waals surface area contributed by atoms with E-state index in [4.69, 9.17) is 5.14 Å². The topological polar surface area (TPSA) is 107 Å². The van der Waals surface area contributed by atoms with Gasteiger partial charge in [-0.1, -0.05) is 28.1 Å². The predicted octanol–water partition coefficient (Wildman–Crippen LogP) is 2.56. The molecule has 3 rings (SSSR count). The Morgan fingerprint density at radius 3 is 2.39 bits per heavy atom. The summed E-state index contributed by atoms with van der Waals surface area (Å²) in [5, 5.41) is 12.3. The molecule has 28 heavy (non-hydrogen) atoms. The van der Waals surface area contributed by atoms with Crippen molar-refractivity contribution in [2.24, 2.45) is 5.14 Å². The maximum Gasteiger partial charge on any atom is 0.254 e. The van der Waals surface area contributed by atoms with Crippen molar-refractivity contribution in [3.8, 4) is 5.69 Å². The number of primary sulfonamides is 1. The fourth-order valence-corrected chi connectivity index (χ4v) is 3.52. The van der Waals surface area contributed by atoms with E-state index in [9.17, 15) is 13.2 Å². The largest absolute Gasteiger partial charge is 0.352 e. The highest BCUT2D eigenvalue weighted by atomic mass is 79.9. The number of sulfonamides is 1. The van der Waals surface area contributed by atoms with E-state index in [2.05, 4.69) is 26.3 Å². The first-order valence-electron chi connectivity index (χ1n) is 8.46. The smallest absolute Gasteiger partial charge is 0.254 e. The Bertz CT molecular complexity index is 1090. The molecule has 0 fully saturated rings. The number of aromatic nitrogens is 2. The van der Waals surface area contributed by atoms with Gasteiger partial charge in [0.2, 0.25) is 10.0 Å². The first-order chi connectivity index (χ1) is 13.3. The highest BCUT2D eigenvalue weighted by Gasteiger charge is 2.15. The van der Waals surface area contributed by atoms with Crippen molar-refractivity contribution in [3.63, 3.8) is 0 Å². The SMILES string of the molecule is Cc1c(C(=O)NCCc2ccc(S(N)(=O)=O)cc2)cnn1-c1ccc(Br)cc1. The van der Waals surface area contributed by atoms with E-state index in [0.717, 1.165) is 21.4 Å². The van der Waals surface area contributed by atoms with Gasteiger partial charge < -0.3 is 5.32 Å². The third-order valence-electron chi connectivity index (χ3n) is 4.28. The van der Waals surface area contributed by atoms with Crippen LogP contribution in [0.15, 0.2) is 64.1 Å². The normalized spacial score (nSPS) is 11.4. The van der Waals surface area contributed by atoms with E-state index >= 15 is 0 Å². The summed E-state index contributed by atoms with van der Waals surface area (Å²) in [5.41, 5.74) is 3.02. The number of nitrogens with zero attached hydrogens (tertiary/aromatic N) is 2. The van der Waals surface area contributed by atoms with Crippen molar-refractivity contribution >= 4 is 31.9 Å². The standard InChI is InChI=1S/C19H19BrN4O3S/c1-13-18(12-23-24(13)16-6-4-15(20)5-7-16)19(25)22-11-10-14-2-8-17(9-3-14)28(21,26)27/h2-9,12H,10-11H2,1H3,(H,22,25)(H2,21,26,27). The number of hydrogen-bond donors (Lipinski definition) is 2. The fraction of sp³-hybridized carbons (Fsp3) is 0.158. The van der Waals surface area contributed by atoms with E-state index in [0.29, 0.717) is 18.5 Å². The Morgan fingerprint density at radius 2 is 1.79 bits per heavy atom. The molecule has 3 N–H and O–H groups in total. The molecule has 2 aromatic carbocycles. The van der Waals surface area contributed by atoms with Crippen molar-refractivity contribution in [1.29, 1.82) is 0 Å². The summed E-state index contributed by atoms with van der Waals surface area (Å²) >= 11 is 3.40. The van der Waals surface area contributed by atoms with E-state index in [-0.39, 0.29) is 10.8 Å². The average Bonchev–Trinajstić information content (AvgIpc) is 3.03. The number of halogens is 1. The number of carbonyl (C=O) groups excluding carboxylic acids is 1. The van der Waals surface area contributed by atoms with Crippen LogP contribution in [-0.4, -0.2) is 30.7 Å². The first kappa shape index (κ1) is 20.2. The Kier molecular flexibility index (Phi) is 5.97. The predicted molar refractivity (Wildman–Crippen MR) is 110 cm³/mol. The second-order valence-corrected chi connectivity index (χ2v) is 8.70. The van der Waals surface area contributed by atoms with Gasteiger partial charge in [-0.05, 0) is 55.3 Å². The van der Waals surface area contributed by atoms with Crippen LogP contribution in [0.2, 0.25) is 0 Å². The molecule has 0 aliphatic heterocycles. The van der Waals surface area contributed by atoms with Crippen molar-refractivity contribution in [2.75, 3.05) is 6.54 Å². The number of rotatable bonds is 6. The van der Waals surface area contributed by atoms with Crippen molar-refractivity contribution < 1.29 is 13.2 Å². The van der Waals surface area contributed by atoms with Gasteiger partial charge in [0.1, 0.15) is 0 Å². The zero-order valence-corrected chi connectivity index (χ0v) is 17.5. The lowest BCUT2D eigenvalue weighted by Crippen LogP contribution is -2.26. The lowest BCUT2D eigenvalue weighted by molar-refractivity contribution is 0.0953. The number of nitrogens with one attached hydrogen (secondary N) is 1. The van der Waals surface area contributed by atoms with Gasteiger partial charge in [-0.3, -0.25) is 4.79 Å². The zero-order valence-electron chi connectivity index (χ0n) is 15.1. The van der Waals surface area contributed by atoms with Gasteiger partial charge in [-0.15, -0.1) is 0 Å². The Morgan fingerprint density at radius 1 is 1.14 bits per heavy atom. The molecular formula is C19H19BrN4O3S. The van der Waals surface area contributed by atoms with Crippen LogP contribution in [0.3, 0.4) is 0 Å². The van der Waals surface area contributed by atoms with Crippen LogP contribution in [0, 0.1) is 6.92 Å². The second kappa shape index (κ2) is 8.26. The quantitative estimate of drug-likeness (QED) is 0.586. The maximum absolute atomic E-state index is 12.5.